The molecular formula is C19H25N3O4S2. The number of H-pyrrole nitrogens is 1. The number of aromatic nitrogens is 2. The fourth-order valence-electron chi connectivity index (χ4n) is 2.40. The minimum absolute atomic E-state index is 0.110. The van der Waals surface area contributed by atoms with Gasteiger partial charge in [-0.25, -0.2) is 4.98 Å². The second-order valence-corrected chi connectivity index (χ2v) is 8.00. The molecule has 28 heavy (non-hydrogen) atoms. The smallest absolute Gasteiger partial charge is 0.251 e. The zero-order valence-corrected chi connectivity index (χ0v) is 17.9. The van der Waals surface area contributed by atoms with Crippen molar-refractivity contribution in [3.63, 3.8) is 0 Å². The standard InChI is InChI=1S/C19H25N3O4S2/c1-4-27-11-14-10-17(23)22-19(21-14)28-12-18(24)20-8-7-13-5-6-15(25-2)16(9-13)26-3/h5-6,9-10H,4,7-8,11-12H2,1-3H3,(H,20,24)(H,21,22,23). The third-order valence-electron chi connectivity index (χ3n) is 3.75. The average molecular weight is 424 g/mol. The van der Waals surface area contributed by atoms with Crippen molar-refractivity contribution in [2.24, 2.45) is 0 Å². The molecule has 1 aromatic heterocycles. The van der Waals surface area contributed by atoms with Gasteiger partial charge in [0, 0.05) is 18.4 Å². The summed E-state index contributed by atoms with van der Waals surface area (Å²) in [4.78, 5) is 30.8. The summed E-state index contributed by atoms with van der Waals surface area (Å²) >= 11 is 2.92. The largest absolute Gasteiger partial charge is 0.493 e. The molecule has 2 N–H and O–H groups in total. The van der Waals surface area contributed by atoms with Gasteiger partial charge in [-0.3, -0.25) is 9.59 Å². The molecule has 0 aliphatic heterocycles. The maximum atomic E-state index is 12.1. The third-order valence-corrected chi connectivity index (χ3v) is 5.53. The van der Waals surface area contributed by atoms with Crippen molar-refractivity contribution in [1.82, 2.24) is 15.3 Å². The van der Waals surface area contributed by atoms with Crippen LogP contribution in [0.5, 0.6) is 11.5 Å². The van der Waals surface area contributed by atoms with Gasteiger partial charge in [-0.1, -0.05) is 24.8 Å². The van der Waals surface area contributed by atoms with Crippen LogP contribution in [0.3, 0.4) is 0 Å². The first-order chi connectivity index (χ1) is 13.5. The molecule has 9 heteroatoms. The summed E-state index contributed by atoms with van der Waals surface area (Å²) in [5, 5.41) is 3.34. The quantitative estimate of drug-likeness (QED) is 0.424. The molecule has 0 unspecified atom stereocenters. The number of hydrogen-bond acceptors (Lipinski definition) is 7. The van der Waals surface area contributed by atoms with Crippen LogP contribution < -0.4 is 20.3 Å². The first kappa shape index (κ1) is 22.2. The summed E-state index contributed by atoms with van der Waals surface area (Å²) in [6.07, 6.45) is 0.676. The van der Waals surface area contributed by atoms with Gasteiger partial charge in [-0.05, 0) is 29.9 Å². The van der Waals surface area contributed by atoms with Crippen molar-refractivity contribution in [3.05, 3.63) is 45.9 Å². The van der Waals surface area contributed by atoms with Crippen molar-refractivity contribution in [2.45, 2.75) is 24.3 Å². The molecular weight excluding hydrogens is 398 g/mol. The van der Waals surface area contributed by atoms with E-state index in [4.69, 9.17) is 9.47 Å². The summed E-state index contributed by atoms with van der Waals surface area (Å²) in [7, 11) is 3.19. The number of ether oxygens (including phenoxy) is 2. The highest BCUT2D eigenvalue weighted by molar-refractivity contribution is 7.99. The van der Waals surface area contributed by atoms with Crippen LogP contribution >= 0.6 is 23.5 Å². The van der Waals surface area contributed by atoms with E-state index >= 15 is 0 Å². The van der Waals surface area contributed by atoms with Crippen molar-refractivity contribution in [1.29, 1.82) is 0 Å². The topological polar surface area (TPSA) is 93.3 Å². The van der Waals surface area contributed by atoms with Crippen LogP contribution in [0.25, 0.3) is 0 Å². The first-order valence-electron chi connectivity index (χ1n) is 8.84. The molecule has 1 aromatic carbocycles. The van der Waals surface area contributed by atoms with Gasteiger partial charge in [-0.15, -0.1) is 0 Å². The van der Waals surface area contributed by atoms with Gasteiger partial charge < -0.3 is 19.8 Å². The van der Waals surface area contributed by atoms with Crippen LogP contribution in [0, 0.1) is 0 Å². The number of carbonyl (C=O) groups is 1. The zero-order valence-electron chi connectivity index (χ0n) is 16.2. The van der Waals surface area contributed by atoms with Crippen LogP contribution in [0.2, 0.25) is 0 Å². The normalized spacial score (nSPS) is 10.5. The van der Waals surface area contributed by atoms with Gasteiger partial charge in [-0.2, -0.15) is 11.8 Å². The molecule has 0 fully saturated rings. The molecule has 0 aliphatic carbocycles. The summed E-state index contributed by atoms with van der Waals surface area (Å²) in [5.74, 6) is 3.07. The lowest BCUT2D eigenvalue weighted by atomic mass is 10.1. The molecule has 1 heterocycles. The predicted octanol–water partition coefficient (Wildman–Crippen LogP) is 2.49. The number of nitrogens with zero attached hydrogens (tertiary/aromatic N) is 1. The van der Waals surface area contributed by atoms with Crippen molar-refractivity contribution < 1.29 is 14.3 Å². The molecule has 152 valence electrons. The zero-order chi connectivity index (χ0) is 20.4. The number of thioether (sulfide) groups is 2. The Hall–Kier alpha value is -2.13. The minimum Gasteiger partial charge on any atom is -0.493 e. The van der Waals surface area contributed by atoms with E-state index < -0.39 is 0 Å². The lowest BCUT2D eigenvalue weighted by molar-refractivity contribution is -0.118. The van der Waals surface area contributed by atoms with Crippen LogP contribution in [0.1, 0.15) is 18.2 Å². The molecule has 1 amide bonds. The van der Waals surface area contributed by atoms with E-state index in [0.717, 1.165) is 17.0 Å². The van der Waals surface area contributed by atoms with E-state index in [1.165, 1.54) is 17.8 Å². The van der Waals surface area contributed by atoms with E-state index in [0.29, 0.717) is 35.4 Å². The van der Waals surface area contributed by atoms with E-state index in [2.05, 4.69) is 22.2 Å². The molecule has 0 saturated carbocycles. The monoisotopic (exact) mass is 423 g/mol. The first-order valence-corrected chi connectivity index (χ1v) is 11.0. The van der Waals surface area contributed by atoms with E-state index in [9.17, 15) is 9.59 Å². The van der Waals surface area contributed by atoms with Gasteiger partial charge in [0.25, 0.3) is 5.56 Å². The fraction of sp³-hybridized carbons (Fsp3) is 0.421. The molecule has 7 nitrogen and oxygen atoms in total. The number of hydrogen-bond donors (Lipinski definition) is 2. The van der Waals surface area contributed by atoms with Crippen LogP contribution in [0.15, 0.2) is 34.2 Å². The third kappa shape index (κ3) is 7.12. The van der Waals surface area contributed by atoms with Gasteiger partial charge in [0.05, 0.1) is 25.7 Å². The highest BCUT2D eigenvalue weighted by Crippen LogP contribution is 2.27. The number of carbonyl (C=O) groups excluding carboxylic acids is 1. The van der Waals surface area contributed by atoms with Gasteiger partial charge in [0.2, 0.25) is 5.91 Å². The maximum absolute atomic E-state index is 12.1. The number of aromatic amines is 1. The second kappa shape index (κ2) is 11.7. The van der Waals surface area contributed by atoms with Crippen LogP contribution in [-0.4, -0.2) is 48.1 Å². The van der Waals surface area contributed by atoms with Gasteiger partial charge in [0.1, 0.15) is 0 Å². The Morgan fingerprint density at radius 2 is 2.00 bits per heavy atom. The summed E-state index contributed by atoms with van der Waals surface area (Å²) in [6.45, 7) is 2.56. The van der Waals surface area contributed by atoms with Crippen molar-refractivity contribution in [2.75, 3.05) is 32.3 Å². The SMILES string of the molecule is CCSCc1cc(=O)[nH]c(SCC(=O)NCCc2ccc(OC)c(OC)c2)n1. The minimum atomic E-state index is -0.196. The van der Waals surface area contributed by atoms with E-state index in [1.807, 2.05) is 18.2 Å². The summed E-state index contributed by atoms with van der Waals surface area (Å²) in [6, 6.07) is 7.18. The molecule has 0 radical (unpaired) electrons. The highest BCUT2D eigenvalue weighted by atomic mass is 32.2. The van der Waals surface area contributed by atoms with E-state index in [1.54, 1.807) is 26.0 Å². The Balaban J connectivity index is 1.80. The van der Waals surface area contributed by atoms with Gasteiger partial charge in [0.15, 0.2) is 16.7 Å². The second-order valence-electron chi connectivity index (χ2n) is 5.76. The lowest BCUT2D eigenvalue weighted by Gasteiger charge is -2.10. The van der Waals surface area contributed by atoms with E-state index in [-0.39, 0.29) is 17.2 Å². The summed E-state index contributed by atoms with van der Waals surface area (Å²) < 4.78 is 10.5. The molecule has 0 atom stereocenters. The number of methoxy groups -OCH3 is 2. The van der Waals surface area contributed by atoms with Gasteiger partial charge >= 0.3 is 0 Å². The Labute approximate surface area is 173 Å². The Kier molecular flexibility index (Phi) is 9.22. The molecule has 0 aliphatic rings. The van der Waals surface area contributed by atoms with Crippen molar-refractivity contribution >= 4 is 29.4 Å². The average Bonchev–Trinajstić information content (AvgIpc) is 2.70. The number of rotatable bonds is 11. The summed E-state index contributed by atoms with van der Waals surface area (Å²) in [5.41, 5.74) is 1.57. The maximum Gasteiger partial charge on any atom is 0.251 e. The Bertz CT molecular complexity index is 842. The van der Waals surface area contributed by atoms with Crippen LogP contribution in [-0.2, 0) is 17.0 Å². The fourth-order valence-corrected chi connectivity index (χ4v) is 3.69. The number of amides is 1. The lowest BCUT2D eigenvalue weighted by Crippen LogP contribution is -2.27. The molecule has 0 spiro atoms. The number of benzene rings is 1. The number of nitrogens with one attached hydrogen (secondary N) is 2. The molecule has 0 bridgehead atoms. The Morgan fingerprint density at radius 3 is 2.71 bits per heavy atom. The predicted molar refractivity (Wildman–Crippen MR) is 114 cm³/mol. The van der Waals surface area contributed by atoms with Crippen molar-refractivity contribution in [3.8, 4) is 11.5 Å². The highest BCUT2D eigenvalue weighted by Gasteiger charge is 2.08. The molecule has 0 saturated heterocycles. The Morgan fingerprint density at radius 1 is 1.21 bits per heavy atom. The van der Waals surface area contributed by atoms with Crippen LogP contribution in [0.4, 0.5) is 0 Å². The molecule has 2 rings (SSSR count). The molecule has 2 aromatic rings.